The Balaban J connectivity index is 2.11. The fourth-order valence-electron chi connectivity index (χ4n) is 3.66. The second kappa shape index (κ2) is 7.96. The van der Waals surface area contributed by atoms with Crippen LogP contribution in [-0.4, -0.2) is 55.1 Å². The first-order valence-electron chi connectivity index (χ1n) is 9.41. The number of carbonyl (C=O) groups is 2. The van der Waals surface area contributed by atoms with Crippen molar-refractivity contribution in [1.29, 1.82) is 0 Å². The summed E-state index contributed by atoms with van der Waals surface area (Å²) in [7, 11) is 3.14. The van der Waals surface area contributed by atoms with Crippen molar-refractivity contribution in [3.05, 3.63) is 47.7 Å². The molecule has 7 heteroatoms. The van der Waals surface area contributed by atoms with Crippen LogP contribution in [0, 0.1) is 0 Å². The Morgan fingerprint density at radius 3 is 2.43 bits per heavy atom. The van der Waals surface area contributed by atoms with Gasteiger partial charge in [0.1, 0.15) is 11.5 Å². The number of amides is 3. The maximum atomic E-state index is 13.3. The number of ether oxygens (including phenoxy) is 2. The van der Waals surface area contributed by atoms with E-state index < -0.39 is 6.04 Å². The highest BCUT2D eigenvalue weighted by Gasteiger charge is 2.44. The lowest BCUT2D eigenvalue weighted by molar-refractivity contribution is -0.127. The first kappa shape index (κ1) is 19.8. The largest absolute Gasteiger partial charge is 0.497 e. The molecule has 0 saturated heterocycles. The van der Waals surface area contributed by atoms with Gasteiger partial charge in [-0.1, -0.05) is 13.0 Å². The van der Waals surface area contributed by atoms with Gasteiger partial charge in [-0.2, -0.15) is 0 Å². The van der Waals surface area contributed by atoms with E-state index in [2.05, 4.69) is 11.9 Å². The highest BCUT2D eigenvalue weighted by molar-refractivity contribution is 6.01. The van der Waals surface area contributed by atoms with Gasteiger partial charge in [0.25, 0.3) is 5.91 Å². The zero-order valence-electron chi connectivity index (χ0n) is 16.8. The summed E-state index contributed by atoms with van der Waals surface area (Å²) in [6.45, 7) is 8.57. The summed E-state index contributed by atoms with van der Waals surface area (Å²) in [6, 6.07) is 4.67. The van der Waals surface area contributed by atoms with Gasteiger partial charge in [-0.15, -0.1) is 6.58 Å². The molecule has 0 unspecified atom stereocenters. The highest BCUT2D eigenvalue weighted by Crippen LogP contribution is 2.39. The molecule has 2 atom stereocenters. The third-order valence-corrected chi connectivity index (χ3v) is 5.39. The first-order chi connectivity index (χ1) is 13.4. The van der Waals surface area contributed by atoms with Crippen molar-refractivity contribution >= 4 is 11.9 Å². The summed E-state index contributed by atoms with van der Waals surface area (Å²) >= 11 is 0. The highest BCUT2D eigenvalue weighted by atomic mass is 16.5. The smallest absolute Gasteiger partial charge is 0.322 e. The monoisotopic (exact) mass is 385 g/mol. The molecule has 2 aliphatic heterocycles. The quantitative estimate of drug-likeness (QED) is 0.733. The van der Waals surface area contributed by atoms with Gasteiger partial charge in [-0.3, -0.25) is 9.69 Å². The zero-order valence-corrected chi connectivity index (χ0v) is 16.8. The van der Waals surface area contributed by atoms with E-state index in [1.807, 2.05) is 30.9 Å². The van der Waals surface area contributed by atoms with Crippen LogP contribution >= 0.6 is 0 Å². The Labute approximate surface area is 165 Å². The molecule has 2 heterocycles. The molecular weight excluding hydrogens is 358 g/mol. The molecule has 7 nitrogen and oxygen atoms in total. The molecule has 0 aromatic heterocycles. The van der Waals surface area contributed by atoms with Crippen molar-refractivity contribution < 1.29 is 19.1 Å². The summed E-state index contributed by atoms with van der Waals surface area (Å²) in [5.41, 5.74) is 2.08. The fraction of sp³-hybridized carbons (Fsp3) is 0.429. The van der Waals surface area contributed by atoms with Gasteiger partial charge >= 0.3 is 6.03 Å². The zero-order chi connectivity index (χ0) is 20.4. The van der Waals surface area contributed by atoms with Gasteiger partial charge in [-0.05, 0) is 31.0 Å². The molecule has 0 spiro atoms. The number of urea groups is 1. The van der Waals surface area contributed by atoms with Gasteiger partial charge in [0.2, 0.25) is 0 Å². The molecule has 3 rings (SSSR count). The number of nitrogens with one attached hydrogen (secondary N) is 1. The lowest BCUT2D eigenvalue weighted by atomic mass is 9.95. The van der Waals surface area contributed by atoms with Crippen LogP contribution in [0.15, 0.2) is 42.1 Å². The number of carbonyl (C=O) groups excluding carboxylic acids is 2. The summed E-state index contributed by atoms with van der Waals surface area (Å²) in [6.07, 6.45) is 2.50. The fourth-order valence-corrected chi connectivity index (χ4v) is 3.66. The Bertz CT molecular complexity index is 811. The van der Waals surface area contributed by atoms with Crippen LogP contribution < -0.4 is 14.8 Å². The normalized spacial score (nSPS) is 20.1. The maximum Gasteiger partial charge on any atom is 0.322 e. The molecule has 1 N–H and O–H groups in total. The van der Waals surface area contributed by atoms with E-state index in [0.29, 0.717) is 30.2 Å². The molecule has 0 bridgehead atoms. The van der Waals surface area contributed by atoms with E-state index >= 15 is 0 Å². The van der Waals surface area contributed by atoms with Gasteiger partial charge in [0.15, 0.2) is 0 Å². The number of rotatable bonds is 7. The molecule has 0 aliphatic carbocycles. The summed E-state index contributed by atoms with van der Waals surface area (Å²) < 4.78 is 10.7. The summed E-state index contributed by atoms with van der Waals surface area (Å²) in [4.78, 5) is 29.5. The van der Waals surface area contributed by atoms with Gasteiger partial charge in [0.05, 0.1) is 38.1 Å². The van der Waals surface area contributed by atoms with E-state index in [4.69, 9.17) is 9.47 Å². The molecule has 0 radical (unpaired) electrons. The number of methoxy groups -OCH3 is 2. The minimum absolute atomic E-state index is 0.0507. The second-order valence-electron chi connectivity index (χ2n) is 6.98. The van der Waals surface area contributed by atoms with E-state index in [0.717, 1.165) is 17.7 Å². The van der Waals surface area contributed by atoms with E-state index in [1.54, 1.807) is 31.3 Å². The van der Waals surface area contributed by atoms with Crippen molar-refractivity contribution in [3.63, 3.8) is 0 Å². The van der Waals surface area contributed by atoms with E-state index in [-0.39, 0.29) is 18.0 Å². The molecule has 3 amide bonds. The number of hydrogen-bond donors (Lipinski definition) is 1. The number of hydrogen-bond acceptors (Lipinski definition) is 4. The van der Waals surface area contributed by atoms with Crippen molar-refractivity contribution in [2.75, 3.05) is 27.3 Å². The van der Waals surface area contributed by atoms with Crippen LogP contribution in [0.25, 0.3) is 0 Å². The van der Waals surface area contributed by atoms with Crippen LogP contribution in [0.2, 0.25) is 0 Å². The minimum Gasteiger partial charge on any atom is -0.497 e. The Morgan fingerprint density at radius 1 is 1.25 bits per heavy atom. The molecule has 1 aromatic carbocycles. The van der Waals surface area contributed by atoms with Crippen molar-refractivity contribution in [2.45, 2.75) is 32.4 Å². The van der Waals surface area contributed by atoms with Crippen LogP contribution in [0.4, 0.5) is 4.79 Å². The molecule has 0 saturated carbocycles. The summed E-state index contributed by atoms with van der Waals surface area (Å²) in [5, 5.41) is 2.97. The lowest BCUT2D eigenvalue weighted by Crippen LogP contribution is -2.47. The second-order valence-corrected chi connectivity index (χ2v) is 6.98. The summed E-state index contributed by atoms with van der Waals surface area (Å²) in [5.74, 6) is 1.15. The standard InChI is InChI=1S/C21H27N3O4/c1-6-8-23-17-12-24(13(3)7-2)20(25)18(17)19(22-21(23)26)14-9-15(27-4)11-16(10-14)28-5/h6,9-11,13,19H,1,7-8,12H2,2-5H3,(H,22,26)/t13-,19-/m1/s1. The number of nitrogens with zero attached hydrogens (tertiary/aromatic N) is 2. The molecule has 0 fully saturated rings. The Morgan fingerprint density at radius 2 is 1.89 bits per heavy atom. The van der Waals surface area contributed by atoms with Crippen molar-refractivity contribution in [1.82, 2.24) is 15.1 Å². The van der Waals surface area contributed by atoms with Gasteiger partial charge in [-0.25, -0.2) is 4.79 Å². The average Bonchev–Trinajstić information content (AvgIpc) is 3.06. The van der Waals surface area contributed by atoms with E-state index in [1.165, 1.54) is 0 Å². The van der Waals surface area contributed by atoms with Gasteiger partial charge in [0, 0.05) is 18.7 Å². The number of benzene rings is 1. The Kier molecular flexibility index (Phi) is 5.63. The van der Waals surface area contributed by atoms with E-state index in [9.17, 15) is 9.59 Å². The first-order valence-corrected chi connectivity index (χ1v) is 9.41. The molecule has 1 aromatic rings. The predicted molar refractivity (Wildman–Crippen MR) is 106 cm³/mol. The Hall–Kier alpha value is -2.96. The van der Waals surface area contributed by atoms with Crippen LogP contribution in [0.3, 0.4) is 0 Å². The molecule has 28 heavy (non-hydrogen) atoms. The lowest BCUT2D eigenvalue weighted by Gasteiger charge is -2.33. The van der Waals surface area contributed by atoms with Gasteiger partial charge < -0.3 is 19.7 Å². The average molecular weight is 385 g/mol. The third kappa shape index (κ3) is 3.32. The third-order valence-electron chi connectivity index (χ3n) is 5.39. The van der Waals surface area contributed by atoms with Crippen molar-refractivity contribution in [2.24, 2.45) is 0 Å². The van der Waals surface area contributed by atoms with Crippen LogP contribution in [-0.2, 0) is 4.79 Å². The topological polar surface area (TPSA) is 71.1 Å². The molecule has 150 valence electrons. The van der Waals surface area contributed by atoms with Crippen LogP contribution in [0.5, 0.6) is 11.5 Å². The van der Waals surface area contributed by atoms with Crippen molar-refractivity contribution in [3.8, 4) is 11.5 Å². The maximum absolute atomic E-state index is 13.3. The molecular formula is C21H27N3O4. The predicted octanol–water partition coefficient (Wildman–Crippen LogP) is 2.85. The van der Waals surface area contributed by atoms with Crippen LogP contribution in [0.1, 0.15) is 31.9 Å². The molecule has 2 aliphatic rings. The SMILES string of the molecule is C=CCN1C(=O)N[C@H](c2cc(OC)cc(OC)c2)C2=C1CN([C@H](C)CC)C2=O. The minimum atomic E-state index is -0.561.